The molecule has 0 atom stereocenters. The van der Waals surface area contributed by atoms with E-state index >= 15 is 0 Å². The summed E-state index contributed by atoms with van der Waals surface area (Å²) in [6.45, 7) is 0. The molecule has 12 heavy (non-hydrogen) atoms. The maximum absolute atomic E-state index is 5.84. The number of rotatable bonds is 0. The number of fused-ring (bicyclic) bond motifs is 1. The standard InChI is InChI=1S/C8H6BClN2/c9-6-1-2-7-5(3-6)4-11-12-8(7)10/h1-4H,9H2. The number of halogens is 1. The minimum atomic E-state index is 0.465. The molecule has 0 bridgehead atoms. The van der Waals surface area contributed by atoms with E-state index in [-0.39, 0.29) is 0 Å². The van der Waals surface area contributed by atoms with Crippen LogP contribution in [0, 0.1) is 0 Å². The first-order valence-corrected chi connectivity index (χ1v) is 4.03. The highest BCUT2D eigenvalue weighted by molar-refractivity contribution is 6.36. The van der Waals surface area contributed by atoms with Crippen LogP contribution in [0.2, 0.25) is 5.15 Å². The van der Waals surface area contributed by atoms with Gasteiger partial charge in [-0.15, -0.1) is 5.10 Å². The van der Waals surface area contributed by atoms with Gasteiger partial charge in [0.05, 0.1) is 6.20 Å². The lowest BCUT2D eigenvalue weighted by molar-refractivity contribution is 1.05. The van der Waals surface area contributed by atoms with Crippen LogP contribution in [-0.2, 0) is 0 Å². The van der Waals surface area contributed by atoms with Gasteiger partial charge in [0.2, 0.25) is 0 Å². The van der Waals surface area contributed by atoms with Crippen LogP contribution in [-0.4, -0.2) is 18.0 Å². The van der Waals surface area contributed by atoms with Crippen LogP contribution in [0.3, 0.4) is 0 Å². The number of aromatic nitrogens is 2. The normalized spacial score (nSPS) is 10.4. The predicted molar refractivity (Wildman–Crippen MR) is 52.7 cm³/mol. The molecular weight excluding hydrogens is 170 g/mol. The van der Waals surface area contributed by atoms with E-state index < -0.39 is 0 Å². The lowest BCUT2D eigenvalue weighted by Gasteiger charge is -1.98. The zero-order valence-corrected chi connectivity index (χ0v) is 7.34. The maximum atomic E-state index is 5.84. The molecule has 0 saturated heterocycles. The molecule has 4 heteroatoms. The van der Waals surface area contributed by atoms with Gasteiger partial charge in [-0.2, -0.15) is 5.10 Å². The Morgan fingerprint density at radius 3 is 3.00 bits per heavy atom. The van der Waals surface area contributed by atoms with Crippen LogP contribution >= 0.6 is 11.6 Å². The summed E-state index contributed by atoms with van der Waals surface area (Å²) in [7, 11) is 2.04. The van der Waals surface area contributed by atoms with Crippen LogP contribution in [0.1, 0.15) is 0 Å². The minimum Gasteiger partial charge on any atom is -0.157 e. The smallest absolute Gasteiger partial charge is 0.157 e. The first-order valence-electron chi connectivity index (χ1n) is 3.65. The van der Waals surface area contributed by atoms with Crippen molar-refractivity contribution in [3.8, 4) is 0 Å². The van der Waals surface area contributed by atoms with E-state index in [1.165, 1.54) is 5.46 Å². The third-order valence-corrected chi connectivity index (χ3v) is 2.05. The first-order chi connectivity index (χ1) is 5.77. The van der Waals surface area contributed by atoms with Crippen molar-refractivity contribution in [1.29, 1.82) is 0 Å². The van der Waals surface area contributed by atoms with E-state index in [0.29, 0.717) is 5.15 Å². The fraction of sp³-hybridized carbons (Fsp3) is 0. The molecule has 2 nitrogen and oxygen atoms in total. The number of hydrogen-bond donors (Lipinski definition) is 0. The molecule has 58 valence electrons. The Morgan fingerprint density at radius 1 is 1.33 bits per heavy atom. The Balaban J connectivity index is 2.86. The van der Waals surface area contributed by atoms with Gasteiger partial charge in [-0.3, -0.25) is 0 Å². The monoisotopic (exact) mass is 176 g/mol. The summed E-state index contributed by atoms with van der Waals surface area (Å²) >= 11 is 5.84. The zero-order valence-electron chi connectivity index (χ0n) is 6.58. The Hall–Kier alpha value is -1.09. The Morgan fingerprint density at radius 2 is 2.17 bits per heavy atom. The van der Waals surface area contributed by atoms with Crippen molar-refractivity contribution in [2.24, 2.45) is 0 Å². The highest BCUT2D eigenvalue weighted by atomic mass is 35.5. The van der Waals surface area contributed by atoms with Crippen LogP contribution in [0.5, 0.6) is 0 Å². The first kappa shape index (κ1) is 7.56. The summed E-state index contributed by atoms with van der Waals surface area (Å²) in [6.07, 6.45) is 1.72. The molecule has 0 aliphatic rings. The minimum absolute atomic E-state index is 0.465. The molecule has 2 rings (SSSR count). The summed E-state index contributed by atoms with van der Waals surface area (Å²) < 4.78 is 0. The topological polar surface area (TPSA) is 25.8 Å². The van der Waals surface area contributed by atoms with Crippen LogP contribution in [0.15, 0.2) is 24.4 Å². The molecule has 1 aromatic heterocycles. The third kappa shape index (κ3) is 1.16. The SMILES string of the molecule is Bc1ccc2c(Cl)nncc2c1. The van der Waals surface area contributed by atoms with Gasteiger partial charge in [-0.25, -0.2) is 0 Å². The van der Waals surface area contributed by atoms with Gasteiger partial charge in [0.1, 0.15) is 7.85 Å². The fourth-order valence-corrected chi connectivity index (χ4v) is 1.39. The summed E-state index contributed by atoms with van der Waals surface area (Å²) in [6, 6.07) is 6.01. The molecule has 0 radical (unpaired) electrons. The van der Waals surface area contributed by atoms with Gasteiger partial charge < -0.3 is 0 Å². The van der Waals surface area contributed by atoms with Crippen molar-refractivity contribution >= 4 is 35.7 Å². The second-order valence-electron chi connectivity index (χ2n) is 2.73. The van der Waals surface area contributed by atoms with Crippen LogP contribution in [0.25, 0.3) is 10.8 Å². The lowest BCUT2D eigenvalue weighted by atomic mass is 9.94. The molecular formula is C8H6BClN2. The zero-order chi connectivity index (χ0) is 8.55. The van der Waals surface area contributed by atoms with E-state index in [2.05, 4.69) is 10.2 Å². The van der Waals surface area contributed by atoms with Crippen molar-refractivity contribution in [3.63, 3.8) is 0 Å². The van der Waals surface area contributed by atoms with Crippen molar-refractivity contribution < 1.29 is 0 Å². The molecule has 1 heterocycles. The molecule has 0 aliphatic heterocycles. The molecule has 0 amide bonds. The third-order valence-electron chi connectivity index (χ3n) is 1.77. The molecule has 2 aromatic rings. The molecule has 0 aliphatic carbocycles. The van der Waals surface area contributed by atoms with Crippen LogP contribution < -0.4 is 5.46 Å². The quantitative estimate of drug-likeness (QED) is 0.548. The van der Waals surface area contributed by atoms with E-state index in [1.807, 2.05) is 26.0 Å². The number of benzene rings is 1. The van der Waals surface area contributed by atoms with Gasteiger partial charge in [-0.1, -0.05) is 35.3 Å². The Kier molecular flexibility index (Phi) is 1.73. The van der Waals surface area contributed by atoms with Gasteiger partial charge in [0, 0.05) is 10.8 Å². The van der Waals surface area contributed by atoms with Gasteiger partial charge >= 0.3 is 0 Å². The molecule has 0 saturated carbocycles. The average molecular weight is 176 g/mol. The van der Waals surface area contributed by atoms with Gasteiger partial charge in [0.25, 0.3) is 0 Å². The van der Waals surface area contributed by atoms with Gasteiger partial charge in [0.15, 0.2) is 5.15 Å². The van der Waals surface area contributed by atoms with E-state index in [9.17, 15) is 0 Å². The summed E-state index contributed by atoms with van der Waals surface area (Å²) in [5.74, 6) is 0. The van der Waals surface area contributed by atoms with E-state index in [1.54, 1.807) is 6.20 Å². The van der Waals surface area contributed by atoms with Gasteiger partial charge in [-0.05, 0) is 0 Å². The summed E-state index contributed by atoms with van der Waals surface area (Å²) in [4.78, 5) is 0. The second kappa shape index (κ2) is 2.75. The lowest BCUT2D eigenvalue weighted by Crippen LogP contribution is -2.00. The van der Waals surface area contributed by atoms with E-state index in [4.69, 9.17) is 11.6 Å². The Bertz CT molecular complexity index is 430. The molecule has 0 N–H and O–H groups in total. The average Bonchev–Trinajstić information content (AvgIpc) is 2.04. The largest absolute Gasteiger partial charge is 0.159 e. The van der Waals surface area contributed by atoms with Crippen molar-refractivity contribution in [2.75, 3.05) is 0 Å². The highest BCUT2D eigenvalue weighted by Crippen LogP contribution is 2.17. The molecule has 0 fully saturated rings. The van der Waals surface area contributed by atoms with Crippen molar-refractivity contribution in [1.82, 2.24) is 10.2 Å². The summed E-state index contributed by atoms with van der Waals surface area (Å²) in [5.41, 5.74) is 1.20. The second-order valence-corrected chi connectivity index (χ2v) is 3.08. The molecule has 0 unspecified atom stereocenters. The van der Waals surface area contributed by atoms with Crippen LogP contribution in [0.4, 0.5) is 0 Å². The predicted octanol–water partition coefficient (Wildman–Crippen LogP) is 0.542. The summed E-state index contributed by atoms with van der Waals surface area (Å²) in [5, 5.41) is 9.98. The van der Waals surface area contributed by atoms with Crippen molar-refractivity contribution in [3.05, 3.63) is 29.5 Å². The maximum Gasteiger partial charge on any atom is 0.159 e. The van der Waals surface area contributed by atoms with E-state index in [0.717, 1.165) is 10.8 Å². The molecule has 1 aromatic carbocycles. The Labute approximate surface area is 76.0 Å². The highest BCUT2D eigenvalue weighted by Gasteiger charge is 1.98. The fourth-order valence-electron chi connectivity index (χ4n) is 1.17. The van der Waals surface area contributed by atoms with Crippen molar-refractivity contribution in [2.45, 2.75) is 0 Å². The number of hydrogen-bond acceptors (Lipinski definition) is 2. The molecule has 0 spiro atoms. The number of nitrogens with zero attached hydrogens (tertiary/aromatic N) is 2.